The number of benzene rings is 6. The average Bonchev–Trinajstić information content (AvgIpc) is 3.27. The Kier molecular flexibility index (Phi) is 14.1. The Morgan fingerprint density at radius 3 is 0.953 bits per heavy atom. The third kappa shape index (κ3) is 10.4. The van der Waals surface area contributed by atoms with Gasteiger partial charge in [0.25, 0.3) is 0 Å². The average molecular weight is 863 g/mol. The Morgan fingerprint density at radius 2 is 0.703 bits per heavy atom. The predicted octanol–water partition coefficient (Wildman–Crippen LogP) is 8.81. The van der Waals surface area contributed by atoms with E-state index in [0.29, 0.717) is 57.3 Å². The molecule has 6 aromatic rings. The quantitative estimate of drug-likeness (QED) is 0.110. The van der Waals surface area contributed by atoms with Gasteiger partial charge >= 0.3 is 11.9 Å². The van der Waals surface area contributed by atoms with Crippen molar-refractivity contribution in [3.8, 4) is 23.0 Å². The number of carbonyl (C=O) groups is 2. The van der Waals surface area contributed by atoms with Gasteiger partial charge in [0.2, 0.25) is 0 Å². The van der Waals surface area contributed by atoms with E-state index in [-0.39, 0.29) is 62.0 Å². The summed E-state index contributed by atoms with van der Waals surface area (Å²) >= 11 is 0. The van der Waals surface area contributed by atoms with E-state index >= 15 is 0 Å². The number of ether oxygens (including phenoxy) is 2. The molecule has 8 bridgehead atoms. The summed E-state index contributed by atoms with van der Waals surface area (Å²) in [7, 11) is 2.72. The second kappa shape index (κ2) is 19.8. The maximum absolute atomic E-state index is 13.8. The summed E-state index contributed by atoms with van der Waals surface area (Å²) in [6.45, 7) is 8.26. The van der Waals surface area contributed by atoms with E-state index in [0.717, 1.165) is 33.4 Å². The summed E-state index contributed by atoms with van der Waals surface area (Å²) in [6, 6.07) is 32.9. The summed E-state index contributed by atoms with van der Waals surface area (Å²) < 4.78 is 10.8. The van der Waals surface area contributed by atoms with Crippen LogP contribution in [-0.2, 0) is 70.9 Å². The van der Waals surface area contributed by atoms with Crippen LogP contribution in [0.3, 0.4) is 0 Å². The number of hydrogen-bond acceptors (Lipinski definition) is 10. The van der Waals surface area contributed by atoms with Crippen molar-refractivity contribution in [2.45, 2.75) is 91.6 Å². The number of fused-ring (bicyclic) bond motifs is 8. The molecule has 0 fully saturated rings. The number of aryl methyl sites for hydroxylation is 4. The van der Waals surface area contributed by atoms with Crippen LogP contribution < -0.4 is 0 Å². The molecule has 2 atom stereocenters. The van der Waals surface area contributed by atoms with Gasteiger partial charge in [0.15, 0.2) is 0 Å². The Labute approximate surface area is 376 Å². The molecule has 0 amide bonds. The number of esters is 2. The lowest BCUT2D eigenvalue weighted by molar-refractivity contribution is -0.148. The van der Waals surface area contributed by atoms with E-state index < -0.39 is 24.0 Å². The zero-order valence-electron chi connectivity index (χ0n) is 37.5. The van der Waals surface area contributed by atoms with Gasteiger partial charge in [0.1, 0.15) is 35.1 Å². The predicted molar refractivity (Wildman–Crippen MR) is 247 cm³/mol. The van der Waals surface area contributed by atoms with Crippen molar-refractivity contribution in [3.05, 3.63) is 187 Å². The van der Waals surface area contributed by atoms with Gasteiger partial charge in [0, 0.05) is 61.3 Å². The molecule has 1 heterocycles. The number of phenols is 4. The molecule has 1 aliphatic rings. The molecule has 332 valence electrons. The van der Waals surface area contributed by atoms with Crippen molar-refractivity contribution in [1.29, 1.82) is 0 Å². The highest BCUT2D eigenvalue weighted by molar-refractivity contribution is 5.77. The number of nitrogens with zero attached hydrogens (tertiary/aromatic N) is 2. The first-order valence-corrected chi connectivity index (χ1v) is 21.7. The number of hydrogen-bond donors (Lipinski definition) is 4. The molecular weight excluding hydrogens is 805 g/mol. The molecule has 0 saturated carbocycles. The maximum atomic E-state index is 13.8. The van der Waals surface area contributed by atoms with Crippen LogP contribution in [0.5, 0.6) is 23.0 Å². The normalized spacial score (nSPS) is 14.6. The van der Waals surface area contributed by atoms with Crippen LogP contribution in [0.1, 0.15) is 77.9 Å². The number of aromatic hydroxyl groups is 4. The lowest BCUT2D eigenvalue weighted by Crippen LogP contribution is -2.42. The van der Waals surface area contributed by atoms with Gasteiger partial charge in [-0.15, -0.1) is 0 Å². The van der Waals surface area contributed by atoms with Crippen LogP contribution in [0.15, 0.2) is 109 Å². The number of carbonyl (C=O) groups excluding carboxylic acids is 2. The lowest BCUT2D eigenvalue weighted by atomic mass is 9.93. The minimum atomic E-state index is -0.803. The summed E-state index contributed by atoms with van der Waals surface area (Å²) in [5.74, 6) is -0.789. The molecular formula is C54H58N2O8. The summed E-state index contributed by atoms with van der Waals surface area (Å²) in [5.41, 5.74) is 9.93. The highest BCUT2D eigenvalue weighted by atomic mass is 16.5. The fraction of sp³-hybridized carbons (Fsp3) is 0.296. The smallest absolute Gasteiger partial charge is 0.323 e. The van der Waals surface area contributed by atoms with Crippen LogP contribution in [0.4, 0.5) is 0 Å². The maximum Gasteiger partial charge on any atom is 0.323 e. The zero-order valence-corrected chi connectivity index (χ0v) is 37.5. The van der Waals surface area contributed by atoms with E-state index in [2.05, 4.69) is 0 Å². The molecule has 7 rings (SSSR count). The highest BCUT2D eigenvalue weighted by Crippen LogP contribution is 2.38. The SMILES string of the molecule is COC(=O)[C@H](Cc1ccccc1)N1Cc2cc(C)cc(c2O)Cc2cc(C)cc(c2O)CN([C@@H](Cc2ccccc2)C(=O)OC)Cc2cc(C)cc(c2O)Cc2cc(C)cc(c2O)C1. The van der Waals surface area contributed by atoms with Crippen LogP contribution in [0.2, 0.25) is 0 Å². The van der Waals surface area contributed by atoms with Crippen molar-refractivity contribution in [2.75, 3.05) is 14.2 Å². The van der Waals surface area contributed by atoms with Gasteiger partial charge < -0.3 is 29.9 Å². The van der Waals surface area contributed by atoms with E-state index in [1.54, 1.807) is 0 Å². The van der Waals surface area contributed by atoms with Gasteiger partial charge in [-0.2, -0.15) is 0 Å². The highest BCUT2D eigenvalue weighted by Gasteiger charge is 2.32. The van der Waals surface area contributed by atoms with Crippen LogP contribution >= 0.6 is 0 Å². The first-order chi connectivity index (χ1) is 30.7. The van der Waals surface area contributed by atoms with Crippen LogP contribution in [-0.4, -0.2) is 68.5 Å². The molecule has 6 aromatic carbocycles. The largest absolute Gasteiger partial charge is 0.507 e. The molecule has 0 spiro atoms. The number of rotatable bonds is 8. The molecule has 0 unspecified atom stereocenters. The summed E-state index contributed by atoms with van der Waals surface area (Å²) in [6.07, 6.45) is 0.983. The Balaban J connectivity index is 1.43. The first-order valence-electron chi connectivity index (χ1n) is 21.7. The van der Waals surface area contributed by atoms with Crippen LogP contribution in [0.25, 0.3) is 0 Å². The van der Waals surface area contributed by atoms with Crippen molar-refractivity contribution in [2.24, 2.45) is 0 Å². The Hall–Kier alpha value is -6.62. The Bertz CT molecular complexity index is 2340. The first kappa shape index (κ1) is 45.4. The van der Waals surface area contributed by atoms with Gasteiger partial charge in [0.05, 0.1) is 14.2 Å². The summed E-state index contributed by atoms with van der Waals surface area (Å²) in [4.78, 5) is 31.5. The standard InChI is InChI=1S/C54H58N2O8/c1-33-17-39-27-40-18-34(2)22-45(50(40)58)31-56(48(54(62)64-6)26-38-15-11-8-12-16-38)32-46-24-36(4)20-42(52(46)60)28-41-19-35(3)23-44(51(41)59)30-55(29-43(21-33)49(39)57)47(53(61)63-5)25-37-13-9-7-10-14-37/h7-24,47-48,57-60H,25-32H2,1-6H3/t47-,48-/m0/s1. The molecule has 0 aromatic heterocycles. The molecule has 0 saturated heterocycles. The van der Waals surface area contributed by atoms with Crippen molar-refractivity contribution in [3.63, 3.8) is 0 Å². The van der Waals surface area contributed by atoms with Gasteiger partial charge in [-0.05, 0) is 73.9 Å². The minimum absolute atomic E-state index is 0.0320. The second-order valence-corrected chi connectivity index (χ2v) is 17.3. The van der Waals surface area contributed by atoms with Crippen LogP contribution in [0, 0.1) is 27.7 Å². The van der Waals surface area contributed by atoms with Crippen molar-refractivity contribution in [1.82, 2.24) is 9.80 Å². The Morgan fingerprint density at radius 1 is 0.453 bits per heavy atom. The van der Waals surface area contributed by atoms with Crippen molar-refractivity contribution >= 4 is 11.9 Å². The van der Waals surface area contributed by atoms with Gasteiger partial charge in [-0.3, -0.25) is 19.4 Å². The molecule has 1 aliphatic heterocycles. The number of phenolic OH excluding ortho intramolecular Hbond substituents is 4. The topological polar surface area (TPSA) is 140 Å². The van der Waals surface area contributed by atoms with E-state index in [1.165, 1.54) is 14.2 Å². The van der Waals surface area contributed by atoms with Gasteiger partial charge in [-0.1, -0.05) is 131 Å². The van der Waals surface area contributed by atoms with Gasteiger partial charge in [-0.25, -0.2) is 0 Å². The van der Waals surface area contributed by atoms with Crippen molar-refractivity contribution < 1.29 is 39.5 Å². The lowest BCUT2D eigenvalue weighted by Gasteiger charge is -2.32. The van der Waals surface area contributed by atoms with E-state index in [1.807, 2.05) is 147 Å². The number of methoxy groups -OCH3 is 2. The van der Waals surface area contributed by atoms with E-state index in [4.69, 9.17) is 9.47 Å². The molecule has 10 nitrogen and oxygen atoms in total. The van der Waals surface area contributed by atoms with E-state index in [9.17, 15) is 30.0 Å². The molecule has 4 N–H and O–H groups in total. The fourth-order valence-corrected chi connectivity index (χ4v) is 9.27. The molecule has 0 radical (unpaired) electrons. The minimum Gasteiger partial charge on any atom is -0.507 e. The molecule has 0 aliphatic carbocycles. The second-order valence-electron chi connectivity index (χ2n) is 17.3. The zero-order chi connectivity index (χ0) is 45.7. The molecule has 10 heteroatoms. The third-order valence-corrected chi connectivity index (χ3v) is 12.3. The monoisotopic (exact) mass is 862 g/mol. The fourth-order valence-electron chi connectivity index (χ4n) is 9.27. The molecule has 64 heavy (non-hydrogen) atoms. The summed E-state index contributed by atoms with van der Waals surface area (Å²) in [5, 5.41) is 48.6. The third-order valence-electron chi connectivity index (χ3n) is 12.3.